The molecule has 0 atom stereocenters. The van der Waals surface area contributed by atoms with Crippen molar-refractivity contribution in [2.45, 2.75) is 39.5 Å². The summed E-state index contributed by atoms with van der Waals surface area (Å²) < 4.78 is 6.57. The Hall–Kier alpha value is -1.56. The molecule has 0 bridgehead atoms. The van der Waals surface area contributed by atoms with Gasteiger partial charge in [-0.15, -0.1) is 0 Å². The quantitative estimate of drug-likeness (QED) is 0.653. The molecule has 0 saturated carbocycles. The van der Waals surface area contributed by atoms with Crippen LogP contribution in [-0.2, 0) is 9.59 Å². The molecule has 0 aliphatic heterocycles. The van der Waals surface area contributed by atoms with E-state index in [1.807, 2.05) is 26.0 Å². The molecule has 22 heavy (non-hydrogen) atoms. The third kappa shape index (κ3) is 6.93. The van der Waals surface area contributed by atoms with Crippen LogP contribution in [0.5, 0.6) is 5.75 Å². The van der Waals surface area contributed by atoms with E-state index in [9.17, 15) is 9.59 Å². The minimum absolute atomic E-state index is 0.0154. The van der Waals surface area contributed by atoms with Gasteiger partial charge in [0.25, 0.3) is 5.91 Å². The van der Waals surface area contributed by atoms with Gasteiger partial charge >= 0.3 is 5.97 Å². The summed E-state index contributed by atoms with van der Waals surface area (Å²) in [5.41, 5.74) is 1.96. The Morgan fingerprint density at radius 1 is 1.18 bits per heavy atom. The first-order valence-electron chi connectivity index (χ1n) is 7.28. The van der Waals surface area contributed by atoms with Crippen molar-refractivity contribution in [2.75, 3.05) is 13.2 Å². The zero-order valence-corrected chi connectivity index (χ0v) is 14.5. The van der Waals surface area contributed by atoms with E-state index in [1.54, 1.807) is 0 Å². The molecular formula is C16H22BrNO4. The van der Waals surface area contributed by atoms with Gasteiger partial charge in [-0.25, -0.2) is 0 Å². The maximum Gasteiger partial charge on any atom is 0.303 e. The molecule has 5 nitrogen and oxygen atoms in total. The number of halogens is 1. The molecule has 2 N–H and O–H groups in total. The number of ether oxygens (including phenoxy) is 1. The van der Waals surface area contributed by atoms with Crippen LogP contribution in [0, 0.1) is 13.8 Å². The molecule has 0 aliphatic carbocycles. The van der Waals surface area contributed by atoms with Gasteiger partial charge in [0.1, 0.15) is 5.75 Å². The number of carbonyl (C=O) groups is 2. The van der Waals surface area contributed by atoms with E-state index >= 15 is 0 Å². The average molecular weight is 372 g/mol. The molecule has 0 heterocycles. The molecule has 1 rings (SSSR count). The molecule has 0 fully saturated rings. The van der Waals surface area contributed by atoms with Crippen LogP contribution >= 0.6 is 15.9 Å². The maximum atomic E-state index is 11.7. The monoisotopic (exact) mass is 371 g/mol. The van der Waals surface area contributed by atoms with Crippen LogP contribution in [0.25, 0.3) is 0 Å². The van der Waals surface area contributed by atoms with E-state index in [1.165, 1.54) is 0 Å². The number of amides is 1. The van der Waals surface area contributed by atoms with Crippen molar-refractivity contribution in [3.8, 4) is 5.75 Å². The molecule has 0 aromatic heterocycles. The summed E-state index contributed by atoms with van der Waals surface area (Å²) in [5, 5.41) is 11.3. The van der Waals surface area contributed by atoms with Gasteiger partial charge in [0.15, 0.2) is 6.61 Å². The van der Waals surface area contributed by atoms with Crippen LogP contribution in [0.15, 0.2) is 16.6 Å². The lowest BCUT2D eigenvalue weighted by Gasteiger charge is -2.12. The fourth-order valence-corrected chi connectivity index (χ4v) is 2.81. The Balaban J connectivity index is 2.25. The molecule has 0 aliphatic rings. The molecule has 0 unspecified atom stereocenters. The van der Waals surface area contributed by atoms with E-state index in [0.29, 0.717) is 13.0 Å². The predicted octanol–water partition coefficient (Wildman–Crippen LogP) is 3.21. The number of hydrogen-bond acceptors (Lipinski definition) is 3. The second kappa shape index (κ2) is 9.46. The highest BCUT2D eigenvalue weighted by Gasteiger charge is 2.08. The Labute approximate surface area is 139 Å². The SMILES string of the molecule is Cc1cc(Br)cc(C)c1OCC(=O)NCCCCCC(=O)O. The normalized spacial score (nSPS) is 10.3. The van der Waals surface area contributed by atoms with Crippen molar-refractivity contribution >= 4 is 27.8 Å². The van der Waals surface area contributed by atoms with Crippen molar-refractivity contribution in [3.63, 3.8) is 0 Å². The van der Waals surface area contributed by atoms with Gasteiger partial charge in [0.05, 0.1) is 0 Å². The van der Waals surface area contributed by atoms with Crippen LogP contribution in [0.1, 0.15) is 36.8 Å². The van der Waals surface area contributed by atoms with Gasteiger partial charge < -0.3 is 15.2 Å². The van der Waals surface area contributed by atoms with E-state index in [4.69, 9.17) is 9.84 Å². The highest BCUT2D eigenvalue weighted by atomic mass is 79.9. The molecular weight excluding hydrogens is 350 g/mol. The first kappa shape index (κ1) is 18.5. The Bertz CT molecular complexity index is 508. The van der Waals surface area contributed by atoms with Crippen molar-refractivity contribution in [3.05, 3.63) is 27.7 Å². The zero-order chi connectivity index (χ0) is 16.5. The third-order valence-electron chi connectivity index (χ3n) is 3.16. The summed E-state index contributed by atoms with van der Waals surface area (Å²) in [6, 6.07) is 3.89. The van der Waals surface area contributed by atoms with Crippen molar-refractivity contribution in [2.24, 2.45) is 0 Å². The molecule has 1 amide bonds. The Kier molecular flexibility index (Phi) is 7.95. The second-order valence-corrected chi connectivity index (χ2v) is 6.13. The van der Waals surface area contributed by atoms with E-state index in [2.05, 4.69) is 21.2 Å². The highest BCUT2D eigenvalue weighted by Crippen LogP contribution is 2.27. The van der Waals surface area contributed by atoms with Crippen LogP contribution < -0.4 is 10.1 Å². The zero-order valence-electron chi connectivity index (χ0n) is 12.9. The van der Waals surface area contributed by atoms with Crippen LogP contribution in [0.3, 0.4) is 0 Å². The number of aliphatic carboxylic acids is 1. The van der Waals surface area contributed by atoms with Gasteiger partial charge in [-0.1, -0.05) is 22.4 Å². The third-order valence-corrected chi connectivity index (χ3v) is 3.62. The largest absolute Gasteiger partial charge is 0.483 e. The van der Waals surface area contributed by atoms with Crippen molar-refractivity contribution < 1.29 is 19.4 Å². The van der Waals surface area contributed by atoms with Crippen LogP contribution in [-0.4, -0.2) is 30.1 Å². The number of aryl methyl sites for hydroxylation is 2. The number of carboxylic acid groups (broad SMARTS) is 1. The van der Waals surface area contributed by atoms with Crippen LogP contribution in [0.4, 0.5) is 0 Å². The first-order chi connectivity index (χ1) is 10.4. The molecule has 0 saturated heterocycles. The van der Waals surface area contributed by atoms with E-state index in [0.717, 1.165) is 34.2 Å². The van der Waals surface area contributed by atoms with Crippen molar-refractivity contribution in [1.29, 1.82) is 0 Å². The Morgan fingerprint density at radius 2 is 1.82 bits per heavy atom. The van der Waals surface area contributed by atoms with E-state index in [-0.39, 0.29) is 18.9 Å². The molecule has 0 spiro atoms. The summed E-state index contributed by atoms with van der Waals surface area (Å²) in [5.74, 6) is -0.211. The number of benzene rings is 1. The minimum atomic E-state index is -0.780. The number of carbonyl (C=O) groups excluding carboxylic acids is 1. The lowest BCUT2D eigenvalue weighted by Crippen LogP contribution is -2.29. The minimum Gasteiger partial charge on any atom is -0.483 e. The van der Waals surface area contributed by atoms with Crippen molar-refractivity contribution in [1.82, 2.24) is 5.32 Å². The van der Waals surface area contributed by atoms with Gasteiger partial charge in [-0.3, -0.25) is 9.59 Å². The second-order valence-electron chi connectivity index (χ2n) is 5.21. The summed E-state index contributed by atoms with van der Waals surface area (Å²) >= 11 is 3.42. The van der Waals surface area contributed by atoms with Gasteiger partial charge in [-0.05, 0) is 49.9 Å². The average Bonchev–Trinajstić information content (AvgIpc) is 2.41. The number of unbranched alkanes of at least 4 members (excludes halogenated alkanes) is 2. The maximum absolute atomic E-state index is 11.7. The van der Waals surface area contributed by atoms with Crippen LogP contribution in [0.2, 0.25) is 0 Å². The number of carboxylic acids is 1. The van der Waals surface area contributed by atoms with Gasteiger partial charge in [0, 0.05) is 17.4 Å². The number of rotatable bonds is 9. The molecule has 6 heteroatoms. The highest BCUT2D eigenvalue weighted by molar-refractivity contribution is 9.10. The standard InChI is InChI=1S/C16H22BrNO4/c1-11-8-13(17)9-12(2)16(11)22-10-14(19)18-7-5-3-4-6-15(20)21/h8-9H,3-7,10H2,1-2H3,(H,18,19)(H,20,21). The summed E-state index contributed by atoms with van der Waals surface area (Å²) in [6.07, 6.45) is 2.38. The molecule has 1 aromatic carbocycles. The number of nitrogens with one attached hydrogen (secondary N) is 1. The molecule has 1 aromatic rings. The lowest BCUT2D eigenvalue weighted by atomic mass is 10.1. The smallest absolute Gasteiger partial charge is 0.303 e. The fraction of sp³-hybridized carbons (Fsp3) is 0.500. The van der Waals surface area contributed by atoms with E-state index < -0.39 is 5.97 Å². The van der Waals surface area contributed by atoms with Gasteiger partial charge in [0.2, 0.25) is 0 Å². The summed E-state index contributed by atoms with van der Waals surface area (Å²) in [6.45, 7) is 4.40. The number of hydrogen-bond donors (Lipinski definition) is 2. The van der Waals surface area contributed by atoms with Gasteiger partial charge in [-0.2, -0.15) is 0 Å². The summed E-state index contributed by atoms with van der Waals surface area (Å²) in [4.78, 5) is 22.1. The first-order valence-corrected chi connectivity index (χ1v) is 8.07. The lowest BCUT2D eigenvalue weighted by molar-refractivity contribution is -0.137. The Morgan fingerprint density at radius 3 is 2.41 bits per heavy atom. The molecule has 122 valence electrons. The summed E-state index contributed by atoms with van der Waals surface area (Å²) in [7, 11) is 0. The molecule has 0 radical (unpaired) electrons. The topological polar surface area (TPSA) is 75.6 Å². The predicted molar refractivity (Wildman–Crippen MR) is 88.2 cm³/mol. The fourth-order valence-electron chi connectivity index (χ4n) is 2.12.